The molecule has 29 heavy (non-hydrogen) atoms. The van der Waals surface area contributed by atoms with E-state index in [4.69, 9.17) is 17.3 Å². The van der Waals surface area contributed by atoms with E-state index in [1.54, 1.807) is 12.3 Å². The summed E-state index contributed by atoms with van der Waals surface area (Å²) in [4.78, 5) is 30.9. The number of anilines is 3. The smallest absolute Gasteiger partial charge is 0.226 e. The summed E-state index contributed by atoms with van der Waals surface area (Å²) in [5.41, 5.74) is 7.04. The van der Waals surface area contributed by atoms with Gasteiger partial charge < -0.3 is 16.0 Å². The number of benzene rings is 1. The standard InChI is InChI=1S/C19H19ClFN7O/c20-13-7-12(3-4-14(13)21)26-18-17-15(24-10-25-18)8-23-19(27-17)28-5-1-2-11(9-28)6-16(22)29/h3-4,7-8,10-11H,1-2,5-6,9H2,(H2,22,29)(H,24,25,26). The Hall–Kier alpha value is -3.07. The summed E-state index contributed by atoms with van der Waals surface area (Å²) in [6, 6.07) is 4.32. The number of halogens is 2. The molecule has 1 aliphatic rings. The molecule has 3 aromatic rings. The molecule has 3 heterocycles. The largest absolute Gasteiger partial charge is 0.370 e. The third kappa shape index (κ3) is 4.34. The van der Waals surface area contributed by atoms with Gasteiger partial charge in [-0.3, -0.25) is 4.79 Å². The molecule has 1 atom stereocenters. The highest BCUT2D eigenvalue weighted by Crippen LogP contribution is 2.27. The number of nitrogens with one attached hydrogen (secondary N) is 1. The van der Waals surface area contributed by atoms with E-state index >= 15 is 0 Å². The number of hydrogen-bond donors (Lipinski definition) is 2. The van der Waals surface area contributed by atoms with Crippen LogP contribution in [0.1, 0.15) is 19.3 Å². The number of nitrogens with zero attached hydrogens (tertiary/aromatic N) is 5. The maximum atomic E-state index is 13.4. The highest BCUT2D eigenvalue weighted by molar-refractivity contribution is 6.31. The van der Waals surface area contributed by atoms with Crippen molar-refractivity contribution >= 4 is 46.0 Å². The number of piperidine rings is 1. The van der Waals surface area contributed by atoms with Crippen LogP contribution >= 0.6 is 11.6 Å². The van der Waals surface area contributed by atoms with Crippen molar-refractivity contribution in [2.45, 2.75) is 19.3 Å². The molecule has 150 valence electrons. The molecule has 0 bridgehead atoms. The Labute approximate surface area is 171 Å². The lowest BCUT2D eigenvalue weighted by Crippen LogP contribution is -2.38. The summed E-state index contributed by atoms with van der Waals surface area (Å²) >= 11 is 5.86. The molecule has 2 aromatic heterocycles. The zero-order valence-corrected chi connectivity index (χ0v) is 16.2. The van der Waals surface area contributed by atoms with E-state index in [-0.39, 0.29) is 16.8 Å². The highest BCUT2D eigenvalue weighted by atomic mass is 35.5. The number of hydrogen-bond acceptors (Lipinski definition) is 7. The van der Waals surface area contributed by atoms with E-state index < -0.39 is 5.82 Å². The van der Waals surface area contributed by atoms with E-state index in [2.05, 4.69) is 25.3 Å². The number of nitrogens with two attached hydrogens (primary N) is 1. The van der Waals surface area contributed by atoms with Gasteiger partial charge in [0, 0.05) is 25.2 Å². The number of amides is 1. The van der Waals surface area contributed by atoms with Crippen LogP contribution < -0.4 is 16.0 Å². The predicted molar refractivity (Wildman–Crippen MR) is 109 cm³/mol. The van der Waals surface area contributed by atoms with Crippen LogP contribution in [0.15, 0.2) is 30.7 Å². The fourth-order valence-electron chi connectivity index (χ4n) is 3.50. The number of aromatic nitrogens is 4. The molecule has 10 heteroatoms. The van der Waals surface area contributed by atoms with Gasteiger partial charge in [0.2, 0.25) is 11.9 Å². The topological polar surface area (TPSA) is 110 Å². The predicted octanol–water partition coefficient (Wildman–Crippen LogP) is 3.05. The summed E-state index contributed by atoms with van der Waals surface area (Å²) in [5.74, 6) is 0.402. The second-order valence-corrected chi connectivity index (χ2v) is 7.41. The van der Waals surface area contributed by atoms with Gasteiger partial charge >= 0.3 is 0 Å². The van der Waals surface area contributed by atoms with Crippen LogP contribution in [-0.2, 0) is 4.79 Å². The van der Waals surface area contributed by atoms with Crippen LogP contribution in [0, 0.1) is 11.7 Å². The van der Waals surface area contributed by atoms with Gasteiger partial charge in [0.05, 0.1) is 11.2 Å². The molecule has 1 amide bonds. The molecule has 0 spiro atoms. The average Bonchev–Trinajstić information content (AvgIpc) is 2.70. The molecule has 1 aromatic carbocycles. The Morgan fingerprint density at radius 2 is 2.21 bits per heavy atom. The van der Waals surface area contributed by atoms with Gasteiger partial charge in [0.25, 0.3) is 0 Å². The van der Waals surface area contributed by atoms with Crippen LogP contribution in [0.4, 0.5) is 21.8 Å². The number of rotatable bonds is 5. The second kappa shape index (κ2) is 8.12. The molecule has 1 unspecified atom stereocenters. The first kappa shape index (κ1) is 19.3. The van der Waals surface area contributed by atoms with Crippen LogP contribution in [-0.4, -0.2) is 38.9 Å². The van der Waals surface area contributed by atoms with E-state index in [1.165, 1.54) is 18.5 Å². The van der Waals surface area contributed by atoms with Crippen molar-refractivity contribution in [1.29, 1.82) is 0 Å². The van der Waals surface area contributed by atoms with Gasteiger partial charge in [-0.2, -0.15) is 0 Å². The Morgan fingerprint density at radius 3 is 3.00 bits per heavy atom. The summed E-state index contributed by atoms with van der Waals surface area (Å²) in [6.45, 7) is 1.46. The lowest BCUT2D eigenvalue weighted by atomic mass is 9.95. The fraction of sp³-hybridized carbons (Fsp3) is 0.316. The van der Waals surface area contributed by atoms with Gasteiger partial charge in [-0.25, -0.2) is 24.3 Å². The number of fused-ring (bicyclic) bond motifs is 1. The maximum absolute atomic E-state index is 13.4. The maximum Gasteiger partial charge on any atom is 0.226 e. The average molecular weight is 416 g/mol. The van der Waals surface area contributed by atoms with Gasteiger partial charge in [-0.05, 0) is 37.0 Å². The normalized spacial score (nSPS) is 16.8. The Kier molecular flexibility index (Phi) is 5.39. The minimum absolute atomic E-state index is 0.0116. The monoisotopic (exact) mass is 415 g/mol. The lowest BCUT2D eigenvalue weighted by Gasteiger charge is -2.32. The van der Waals surface area contributed by atoms with Gasteiger partial charge in [-0.1, -0.05) is 11.6 Å². The third-order valence-corrected chi connectivity index (χ3v) is 5.13. The Bertz CT molecular complexity index is 1060. The first-order valence-corrected chi connectivity index (χ1v) is 9.60. The van der Waals surface area contributed by atoms with E-state index in [9.17, 15) is 9.18 Å². The van der Waals surface area contributed by atoms with Crippen LogP contribution in [0.25, 0.3) is 11.0 Å². The zero-order chi connectivity index (χ0) is 20.4. The summed E-state index contributed by atoms with van der Waals surface area (Å²) in [6.07, 6.45) is 5.28. The zero-order valence-electron chi connectivity index (χ0n) is 15.5. The first-order valence-electron chi connectivity index (χ1n) is 9.22. The van der Waals surface area contributed by atoms with Crippen molar-refractivity contribution in [2.75, 3.05) is 23.3 Å². The number of primary amides is 1. The fourth-order valence-corrected chi connectivity index (χ4v) is 3.68. The second-order valence-electron chi connectivity index (χ2n) is 7.00. The minimum atomic E-state index is -0.495. The molecule has 1 saturated heterocycles. The van der Waals surface area contributed by atoms with Crippen molar-refractivity contribution in [3.8, 4) is 0 Å². The third-order valence-electron chi connectivity index (χ3n) is 4.84. The minimum Gasteiger partial charge on any atom is -0.370 e. The molecule has 1 fully saturated rings. The molecule has 0 radical (unpaired) electrons. The Balaban J connectivity index is 1.63. The molecular weight excluding hydrogens is 397 g/mol. The molecule has 4 rings (SSSR count). The molecule has 0 saturated carbocycles. The van der Waals surface area contributed by atoms with E-state index in [1.807, 2.05) is 4.90 Å². The van der Waals surface area contributed by atoms with Gasteiger partial charge in [0.1, 0.15) is 23.2 Å². The van der Waals surface area contributed by atoms with Crippen LogP contribution in [0.2, 0.25) is 5.02 Å². The van der Waals surface area contributed by atoms with E-state index in [0.717, 1.165) is 19.4 Å². The van der Waals surface area contributed by atoms with Crippen molar-refractivity contribution in [3.63, 3.8) is 0 Å². The lowest BCUT2D eigenvalue weighted by molar-refractivity contribution is -0.118. The van der Waals surface area contributed by atoms with Crippen molar-refractivity contribution < 1.29 is 9.18 Å². The molecule has 8 nitrogen and oxygen atoms in total. The SMILES string of the molecule is NC(=O)CC1CCCN(c2ncc3ncnc(Nc4ccc(F)c(Cl)c4)c3n2)C1. The van der Waals surface area contributed by atoms with Crippen molar-refractivity contribution in [2.24, 2.45) is 11.7 Å². The molecule has 0 aliphatic carbocycles. The first-order chi connectivity index (χ1) is 14.0. The van der Waals surface area contributed by atoms with Gasteiger partial charge in [-0.15, -0.1) is 0 Å². The summed E-state index contributed by atoms with van der Waals surface area (Å²) < 4.78 is 13.4. The van der Waals surface area contributed by atoms with E-state index in [0.29, 0.717) is 41.5 Å². The van der Waals surface area contributed by atoms with Crippen LogP contribution in [0.3, 0.4) is 0 Å². The Morgan fingerprint density at radius 1 is 1.34 bits per heavy atom. The van der Waals surface area contributed by atoms with Crippen molar-refractivity contribution in [3.05, 3.63) is 41.6 Å². The van der Waals surface area contributed by atoms with Gasteiger partial charge in [0.15, 0.2) is 5.82 Å². The van der Waals surface area contributed by atoms with Crippen LogP contribution in [0.5, 0.6) is 0 Å². The summed E-state index contributed by atoms with van der Waals surface area (Å²) in [7, 11) is 0. The highest BCUT2D eigenvalue weighted by Gasteiger charge is 2.23. The summed E-state index contributed by atoms with van der Waals surface area (Å²) in [5, 5.41) is 3.12. The number of carbonyl (C=O) groups is 1. The van der Waals surface area contributed by atoms with Crippen molar-refractivity contribution in [1.82, 2.24) is 19.9 Å². The quantitative estimate of drug-likeness (QED) is 0.658. The molecule has 1 aliphatic heterocycles. The molecular formula is C19H19ClFN7O. The number of carbonyl (C=O) groups excluding carboxylic acids is 1. The molecule has 3 N–H and O–H groups in total.